The number of rotatable bonds is 13. The van der Waals surface area contributed by atoms with E-state index in [0.29, 0.717) is 50.5 Å². The van der Waals surface area contributed by atoms with Crippen LogP contribution in [0.2, 0.25) is 0 Å². The van der Waals surface area contributed by atoms with Gasteiger partial charge >= 0.3 is 11.7 Å². The number of carbonyl (C=O) groups excluding carboxylic acids is 1. The summed E-state index contributed by atoms with van der Waals surface area (Å²) in [6.07, 6.45) is 2.75. The Hall–Kier alpha value is -6.03. The van der Waals surface area contributed by atoms with E-state index in [1.165, 1.54) is 32.0 Å². The van der Waals surface area contributed by atoms with Gasteiger partial charge in [-0.25, -0.2) is 9.79 Å². The molecule has 0 bridgehead atoms. The lowest BCUT2D eigenvalue weighted by Crippen LogP contribution is -2.40. The largest absolute Gasteiger partial charge is 0.497 e. The highest BCUT2D eigenvalue weighted by Gasteiger charge is 2.36. The van der Waals surface area contributed by atoms with E-state index < -0.39 is 38.8 Å². The van der Waals surface area contributed by atoms with Gasteiger partial charge < -0.3 is 23.7 Å². The molecule has 0 N–H and O–H groups in total. The number of thiazole rings is 1. The third-order valence-electron chi connectivity index (χ3n) is 7.68. The summed E-state index contributed by atoms with van der Waals surface area (Å²) in [4.78, 5) is 54.2. The van der Waals surface area contributed by atoms with Crippen molar-refractivity contribution in [1.82, 2.24) is 4.57 Å². The first-order chi connectivity index (χ1) is 24.0. The fourth-order valence-corrected chi connectivity index (χ4v) is 6.46. The lowest BCUT2D eigenvalue weighted by atomic mass is 9.93. The highest BCUT2D eigenvalue weighted by atomic mass is 32.1. The van der Waals surface area contributed by atoms with Gasteiger partial charge in [0.25, 0.3) is 11.2 Å². The number of nitro groups is 2. The molecule has 0 saturated carbocycles. The Bertz CT molecular complexity index is 2210. The van der Waals surface area contributed by atoms with Gasteiger partial charge in [-0.05, 0) is 61.4 Å². The van der Waals surface area contributed by atoms with Crippen LogP contribution in [0.1, 0.15) is 43.9 Å². The Labute approximate surface area is 288 Å². The molecule has 0 aliphatic carbocycles. The molecule has 0 unspecified atom stereocenters. The van der Waals surface area contributed by atoms with Gasteiger partial charge in [-0.2, -0.15) is 0 Å². The Kier molecular flexibility index (Phi) is 10.6. The van der Waals surface area contributed by atoms with Gasteiger partial charge in [-0.3, -0.25) is 29.6 Å². The number of nitro benzene ring substituents is 2. The van der Waals surface area contributed by atoms with Crippen molar-refractivity contribution in [3.8, 4) is 28.7 Å². The van der Waals surface area contributed by atoms with E-state index in [0.717, 1.165) is 29.5 Å². The van der Waals surface area contributed by atoms with Crippen LogP contribution in [0.4, 0.5) is 11.4 Å². The number of methoxy groups -OCH3 is 3. The Morgan fingerprint density at radius 2 is 1.64 bits per heavy atom. The summed E-state index contributed by atoms with van der Waals surface area (Å²) in [6.45, 7) is 3.78. The van der Waals surface area contributed by atoms with Gasteiger partial charge in [0, 0.05) is 11.6 Å². The van der Waals surface area contributed by atoms with Crippen LogP contribution in [-0.2, 0) is 9.53 Å². The molecule has 1 atom stereocenters. The second-order valence-corrected chi connectivity index (χ2v) is 11.7. The number of allylic oxidation sites excluding steroid dienone is 1. The number of benzene rings is 3. The van der Waals surface area contributed by atoms with E-state index >= 15 is 0 Å². The average Bonchev–Trinajstić information content (AvgIpc) is 3.41. The zero-order valence-corrected chi connectivity index (χ0v) is 28.5. The summed E-state index contributed by atoms with van der Waals surface area (Å²) in [5.41, 5.74) is 0.261. The molecule has 1 aliphatic heterocycles. The van der Waals surface area contributed by atoms with E-state index in [4.69, 9.17) is 28.7 Å². The second-order valence-electron chi connectivity index (χ2n) is 10.7. The highest BCUT2D eigenvalue weighted by molar-refractivity contribution is 7.07. The molecule has 1 aliphatic rings. The Morgan fingerprint density at radius 3 is 2.28 bits per heavy atom. The summed E-state index contributed by atoms with van der Waals surface area (Å²) < 4.78 is 29.6. The first-order valence-corrected chi connectivity index (χ1v) is 16.1. The number of aromatic nitrogens is 1. The van der Waals surface area contributed by atoms with Crippen molar-refractivity contribution in [1.29, 1.82) is 0 Å². The standard InChI is InChI=1S/C34H32N4O11S/c1-6-8-23-30(33(40)48-7-2)31(22-18-21(45-3)11-14-25(22)46-4)36-32(39)29(50-34(36)35-23)16-19-9-12-27(28(15-19)47-5)49-26-13-10-20(37(41)42)17-24(26)38(43)44/h9-18,31H,6-8H2,1-5H3/b29-16-/t31-/m1/s1. The SMILES string of the molecule is CCCC1=C(C(=O)OCC)[C@@H](c2cc(OC)ccc2OC)n2c(s/c(=C\c3ccc(Oc4ccc([N+](=O)[O-])cc4[N+](=O)[O-])c(OC)c3)c2=O)=N1. The first kappa shape index (κ1) is 35.3. The van der Waals surface area contributed by atoms with Gasteiger partial charge in [-0.15, -0.1) is 0 Å². The van der Waals surface area contributed by atoms with Crippen molar-refractivity contribution >= 4 is 34.8 Å². The molecule has 0 amide bonds. The summed E-state index contributed by atoms with van der Waals surface area (Å²) in [7, 11) is 4.38. The third-order valence-corrected chi connectivity index (χ3v) is 8.66. The minimum absolute atomic E-state index is 0.0940. The number of nitrogens with zero attached hydrogens (tertiary/aromatic N) is 4. The highest BCUT2D eigenvalue weighted by Crippen LogP contribution is 2.40. The molecule has 1 aromatic heterocycles. The Balaban J connectivity index is 1.65. The van der Waals surface area contributed by atoms with E-state index in [1.807, 2.05) is 6.92 Å². The van der Waals surface area contributed by atoms with Gasteiger partial charge in [-0.1, -0.05) is 30.7 Å². The van der Waals surface area contributed by atoms with Crippen LogP contribution < -0.4 is 33.8 Å². The van der Waals surface area contributed by atoms with Gasteiger partial charge in [0.15, 0.2) is 16.3 Å². The van der Waals surface area contributed by atoms with Crippen LogP contribution in [0.3, 0.4) is 0 Å². The Morgan fingerprint density at radius 1 is 0.920 bits per heavy atom. The van der Waals surface area contributed by atoms with Crippen molar-refractivity contribution in [2.45, 2.75) is 32.7 Å². The summed E-state index contributed by atoms with van der Waals surface area (Å²) in [5.74, 6) is 0.363. The molecule has 260 valence electrons. The molecule has 0 radical (unpaired) electrons. The van der Waals surface area contributed by atoms with Crippen LogP contribution in [-0.4, -0.2) is 48.3 Å². The first-order valence-electron chi connectivity index (χ1n) is 15.3. The minimum atomic E-state index is -0.943. The maximum atomic E-state index is 14.3. The topological polar surface area (TPSA) is 184 Å². The van der Waals surface area contributed by atoms with Crippen molar-refractivity contribution < 1.29 is 38.3 Å². The smallest absolute Gasteiger partial charge is 0.338 e. The van der Waals surface area contributed by atoms with Gasteiger partial charge in [0.05, 0.1) is 59.7 Å². The number of esters is 1. The van der Waals surface area contributed by atoms with E-state index in [9.17, 15) is 29.8 Å². The molecule has 0 spiro atoms. The molecular weight excluding hydrogens is 672 g/mol. The van der Waals surface area contributed by atoms with Crippen LogP contribution in [0.5, 0.6) is 28.7 Å². The number of fused-ring (bicyclic) bond motifs is 1. The third kappa shape index (κ3) is 6.91. The summed E-state index contributed by atoms with van der Waals surface area (Å²) in [6, 6.07) is 11.9. The summed E-state index contributed by atoms with van der Waals surface area (Å²) >= 11 is 1.13. The molecular formula is C34H32N4O11S. The molecule has 2 heterocycles. The van der Waals surface area contributed by atoms with Crippen molar-refractivity contribution in [3.63, 3.8) is 0 Å². The molecule has 0 fully saturated rings. The predicted octanol–water partition coefficient (Wildman–Crippen LogP) is 5.21. The normalized spacial score (nSPS) is 14.0. The predicted molar refractivity (Wildman–Crippen MR) is 182 cm³/mol. The fraction of sp³-hybridized carbons (Fsp3) is 0.265. The van der Waals surface area contributed by atoms with E-state index in [1.54, 1.807) is 43.3 Å². The molecule has 4 aromatic rings. The zero-order chi connectivity index (χ0) is 36.1. The maximum Gasteiger partial charge on any atom is 0.338 e. The zero-order valence-electron chi connectivity index (χ0n) is 27.7. The van der Waals surface area contributed by atoms with Gasteiger partial charge in [0.2, 0.25) is 5.75 Å². The second kappa shape index (κ2) is 15.0. The minimum Gasteiger partial charge on any atom is -0.497 e. The molecule has 3 aromatic carbocycles. The molecule has 0 saturated heterocycles. The number of non-ortho nitro benzene ring substituents is 1. The van der Waals surface area contributed by atoms with Crippen LogP contribution in [0, 0.1) is 20.2 Å². The lowest BCUT2D eigenvalue weighted by molar-refractivity contribution is -0.394. The molecule has 15 nitrogen and oxygen atoms in total. The van der Waals surface area contributed by atoms with E-state index in [-0.39, 0.29) is 29.4 Å². The monoisotopic (exact) mass is 704 g/mol. The molecule has 5 rings (SSSR count). The fourth-order valence-electron chi connectivity index (χ4n) is 5.44. The number of hydrogen-bond donors (Lipinski definition) is 0. The van der Waals surface area contributed by atoms with Crippen LogP contribution in [0.25, 0.3) is 6.08 Å². The van der Waals surface area contributed by atoms with E-state index in [2.05, 4.69) is 0 Å². The van der Waals surface area contributed by atoms with Crippen LogP contribution in [0.15, 0.2) is 75.7 Å². The average molecular weight is 705 g/mol. The van der Waals surface area contributed by atoms with Crippen LogP contribution >= 0.6 is 11.3 Å². The summed E-state index contributed by atoms with van der Waals surface area (Å²) in [5, 5.41) is 22.8. The quantitative estimate of drug-likeness (QED) is 0.101. The van der Waals surface area contributed by atoms with Crippen molar-refractivity contribution in [2.75, 3.05) is 27.9 Å². The molecule has 16 heteroatoms. The maximum absolute atomic E-state index is 14.3. The van der Waals surface area contributed by atoms with Crippen molar-refractivity contribution in [3.05, 3.63) is 117 Å². The lowest BCUT2D eigenvalue weighted by Gasteiger charge is -2.27. The van der Waals surface area contributed by atoms with Gasteiger partial charge in [0.1, 0.15) is 17.5 Å². The number of carbonyl (C=O) groups is 1. The molecule has 50 heavy (non-hydrogen) atoms. The number of hydrogen-bond acceptors (Lipinski definition) is 13. The van der Waals surface area contributed by atoms with Crippen molar-refractivity contribution in [2.24, 2.45) is 4.99 Å². The number of ether oxygens (including phenoxy) is 5.